The van der Waals surface area contributed by atoms with E-state index in [-0.39, 0.29) is 6.04 Å². The highest BCUT2D eigenvalue weighted by atomic mass is 19.2. The Morgan fingerprint density at radius 2 is 2.16 bits per heavy atom. The summed E-state index contributed by atoms with van der Waals surface area (Å²) in [5.74, 6) is -1.49. The molecule has 102 valence electrons. The van der Waals surface area contributed by atoms with E-state index in [1.165, 1.54) is 6.07 Å². The van der Waals surface area contributed by atoms with Crippen LogP contribution < -0.4 is 10.1 Å². The Balaban J connectivity index is 1.86. The van der Waals surface area contributed by atoms with Crippen LogP contribution >= 0.6 is 0 Å². The lowest BCUT2D eigenvalue weighted by Gasteiger charge is -2.14. The summed E-state index contributed by atoms with van der Waals surface area (Å²) in [6.07, 6.45) is 3.54. The fraction of sp³-hybridized carbons (Fsp3) is 0.308. The van der Waals surface area contributed by atoms with Crippen LogP contribution in [0.25, 0.3) is 0 Å². The first-order valence-electron chi connectivity index (χ1n) is 5.87. The number of hydrogen-bond acceptors (Lipinski definition) is 3. The van der Waals surface area contributed by atoms with E-state index in [1.807, 2.05) is 20.2 Å². The van der Waals surface area contributed by atoms with Gasteiger partial charge in [-0.05, 0) is 19.1 Å². The number of anilines is 1. The lowest BCUT2D eigenvalue weighted by atomic mass is 10.3. The Hall–Kier alpha value is -2.11. The van der Waals surface area contributed by atoms with Gasteiger partial charge >= 0.3 is 0 Å². The van der Waals surface area contributed by atoms with E-state index in [0.717, 1.165) is 17.8 Å². The summed E-state index contributed by atoms with van der Waals surface area (Å²) in [6, 6.07) is 3.49. The van der Waals surface area contributed by atoms with Crippen LogP contribution in [0.3, 0.4) is 0 Å². The second-order valence-electron chi connectivity index (χ2n) is 4.33. The number of hydrogen-bond donors (Lipinski definition) is 1. The Labute approximate surface area is 110 Å². The van der Waals surface area contributed by atoms with Gasteiger partial charge in [0.1, 0.15) is 12.4 Å². The van der Waals surface area contributed by atoms with Gasteiger partial charge < -0.3 is 10.1 Å². The largest absolute Gasteiger partial charge is 0.491 e. The first kappa shape index (κ1) is 13.3. The number of nitrogens with one attached hydrogen (secondary N) is 1. The van der Waals surface area contributed by atoms with Crippen molar-refractivity contribution in [3.8, 4) is 5.75 Å². The summed E-state index contributed by atoms with van der Waals surface area (Å²) in [5.41, 5.74) is 0.879. The standard InChI is InChI=1S/C13H15F2N3O/c1-9(17-10-6-16-18(2)7-10)8-19-11-3-4-12(14)13(15)5-11/h3-7,9,17H,8H2,1-2H3/t9-/m1/s1. The lowest BCUT2D eigenvalue weighted by Crippen LogP contribution is -2.23. The van der Waals surface area contributed by atoms with E-state index >= 15 is 0 Å². The molecule has 6 heteroatoms. The Morgan fingerprint density at radius 3 is 2.79 bits per heavy atom. The van der Waals surface area contributed by atoms with Crippen molar-refractivity contribution in [1.29, 1.82) is 0 Å². The third-order valence-corrected chi connectivity index (χ3v) is 2.51. The lowest BCUT2D eigenvalue weighted by molar-refractivity contribution is 0.301. The summed E-state index contributed by atoms with van der Waals surface area (Å²) in [4.78, 5) is 0. The predicted molar refractivity (Wildman–Crippen MR) is 68.1 cm³/mol. The van der Waals surface area contributed by atoms with E-state index in [1.54, 1.807) is 10.9 Å². The molecule has 1 atom stereocenters. The molecule has 0 spiro atoms. The number of nitrogens with zero attached hydrogens (tertiary/aromatic N) is 2. The van der Waals surface area contributed by atoms with E-state index in [9.17, 15) is 8.78 Å². The minimum absolute atomic E-state index is 0.0114. The first-order chi connectivity index (χ1) is 9.04. The highest BCUT2D eigenvalue weighted by Gasteiger charge is 2.07. The van der Waals surface area contributed by atoms with Crippen LogP contribution in [0.15, 0.2) is 30.6 Å². The third kappa shape index (κ3) is 3.67. The molecule has 19 heavy (non-hydrogen) atoms. The monoisotopic (exact) mass is 267 g/mol. The molecular formula is C13H15F2N3O. The van der Waals surface area contributed by atoms with Crippen molar-refractivity contribution in [2.75, 3.05) is 11.9 Å². The topological polar surface area (TPSA) is 39.1 Å². The maximum atomic E-state index is 13.0. The quantitative estimate of drug-likeness (QED) is 0.905. The number of ether oxygens (including phenoxy) is 1. The third-order valence-electron chi connectivity index (χ3n) is 2.51. The van der Waals surface area contributed by atoms with Crippen LogP contribution in [0.2, 0.25) is 0 Å². The number of halogens is 2. The maximum absolute atomic E-state index is 13.0. The molecule has 2 aromatic rings. The van der Waals surface area contributed by atoms with Gasteiger partial charge in [-0.1, -0.05) is 0 Å². The second kappa shape index (κ2) is 5.69. The average Bonchev–Trinajstić information content (AvgIpc) is 2.76. The van der Waals surface area contributed by atoms with Crippen molar-refractivity contribution < 1.29 is 13.5 Å². The first-order valence-corrected chi connectivity index (χ1v) is 5.87. The highest BCUT2D eigenvalue weighted by Crippen LogP contribution is 2.16. The molecule has 1 aromatic heterocycles. The zero-order valence-corrected chi connectivity index (χ0v) is 10.7. The fourth-order valence-corrected chi connectivity index (χ4v) is 1.61. The molecule has 4 nitrogen and oxygen atoms in total. The van der Waals surface area contributed by atoms with Gasteiger partial charge in [0.25, 0.3) is 0 Å². The molecular weight excluding hydrogens is 252 g/mol. The Kier molecular flexibility index (Phi) is 3.99. The van der Waals surface area contributed by atoms with Crippen LogP contribution in [0.5, 0.6) is 5.75 Å². The zero-order valence-electron chi connectivity index (χ0n) is 10.7. The average molecular weight is 267 g/mol. The SMILES string of the molecule is C[C@H](COc1ccc(F)c(F)c1)Nc1cnn(C)c1. The van der Waals surface area contributed by atoms with E-state index < -0.39 is 11.6 Å². The molecule has 0 fully saturated rings. The number of aromatic nitrogens is 2. The van der Waals surface area contributed by atoms with Gasteiger partial charge in [-0.3, -0.25) is 4.68 Å². The van der Waals surface area contributed by atoms with Gasteiger partial charge in [-0.25, -0.2) is 8.78 Å². The molecule has 0 unspecified atom stereocenters. The molecule has 1 N–H and O–H groups in total. The number of rotatable bonds is 5. The second-order valence-corrected chi connectivity index (χ2v) is 4.33. The molecule has 0 aliphatic heterocycles. The highest BCUT2D eigenvalue weighted by molar-refractivity contribution is 5.39. The number of aryl methyl sites for hydroxylation is 1. The van der Waals surface area contributed by atoms with Crippen molar-refractivity contribution >= 4 is 5.69 Å². The Morgan fingerprint density at radius 1 is 1.37 bits per heavy atom. The van der Waals surface area contributed by atoms with Crippen LogP contribution in [0, 0.1) is 11.6 Å². The summed E-state index contributed by atoms with van der Waals surface area (Å²) in [7, 11) is 1.83. The predicted octanol–water partition coefficient (Wildman–Crippen LogP) is 2.58. The smallest absolute Gasteiger partial charge is 0.162 e. The van der Waals surface area contributed by atoms with Gasteiger partial charge in [0.05, 0.1) is 17.9 Å². The molecule has 2 rings (SSSR count). The molecule has 0 amide bonds. The molecule has 0 aliphatic carbocycles. The van der Waals surface area contributed by atoms with Crippen LogP contribution in [0.4, 0.5) is 14.5 Å². The van der Waals surface area contributed by atoms with Gasteiger partial charge in [0, 0.05) is 19.3 Å². The molecule has 1 heterocycles. The van der Waals surface area contributed by atoms with E-state index in [2.05, 4.69) is 10.4 Å². The molecule has 0 aliphatic rings. The van der Waals surface area contributed by atoms with Crippen molar-refractivity contribution in [2.45, 2.75) is 13.0 Å². The summed E-state index contributed by atoms with van der Waals surface area (Å²) in [6.45, 7) is 2.26. The van der Waals surface area contributed by atoms with Crippen molar-refractivity contribution in [3.63, 3.8) is 0 Å². The normalized spacial score (nSPS) is 12.2. The molecule has 0 saturated heterocycles. The summed E-state index contributed by atoms with van der Waals surface area (Å²) >= 11 is 0. The van der Waals surface area contributed by atoms with Crippen LogP contribution in [-0.4, -0.2) is 22.4 Å². The molecule has 0 bridgehead atoms. The van der Waals surface area contributed by atoms with Crippen molar-refractivity contribution in [2.24, 2.45) is 7.05 Å². The fourth-order valence-electron chi connectivity index (χ4n) is 1.61. The maximum Gasteiger partial charge on any atom is 0.162 e. The molecule has 0 radical (unpaired) electrons. The van der Waals surface area contributed by atoms with Gasteiger partial charge in [0.15, 0.2) is 11.6 Å². The van der Waals surface area contributed by atoms with E-state index in [0.29, 0.717) is 12.4 Å². The minimum Gasteiger partial charge on any atom is -0.491 e. The van der Waals surface area contributed by atoms with Gasteiger partial charge in [0.2, 0.25) is 0 Å². The molecule has 1 aromatic carbocycles. The minimum atomic E-state index is -0.912. The van der Waals surface area contributed by atoms with Crippen molar-refractivity contribution in [1.82, 2.24) is 9.78 Å². The summed E-state index contributed by atoms with van der Waals surface area (Å²) < 4.78 is 32.8. The van der Waals surface area contributed by atoms with E-state index in [4.69, 9.17) is 4.74 Å². The van der Waals surface area contributed by atoms with Crippen LogP contribution in [0.1, 0.15) is 6.92 Å². The van der Waals surface area contributed by atoms with Crippen LogP contribution in [-0.2, 0) is 7.05 Å². The van der Waals surface area contributed by atoms with Gasteiger partial charge in [-0.2, -0.15) is 5.10 Å². The Bertz CT molecular complexity index is 557. The zero-order chi connectivity index (χ0) is 13.8. The summed E-state index contributed by atoms with van der Waals surface area (Å²) in [5, 5.41) is 7.21. The molecule has 0 saturated carbocycles. The number of benzene rings is 1. The van der Waals surface area contributed by atoms with Crippen molar-refractivity contribution in [3.05, 3.63) is 42.2 Å². The van der Waals surface area contributed by atoms with Gasteiger partial charge in [-0.15, -0.1) is 0 Å².